The Kier molecular flexibility index (Phi) is 3.55. The predicted molar refractivity (Wildman–Crippen MR) is 64.4 cm³/mol. The van der Waals surface area contributed by atoms with Crippen LogP contribution in [0.5, 0.6) is 0 Å². The van der Waals surface area contributed by atoms with Crippen LogP contribution < -0.4 is 5.48 Å². The molecule has 0 saturated carbocycles. The molecule has 0 spiro atoms. The van der Waals surface area contributed by atoms with Gasteiger partial charge in [0.25, 0.3) is 5.91 Å². The molecule has 3 aliphatic rings. The minimum atomic E-state index is -0.742. The lowest BCUT2D eigenvalue weighted by Gasteiger charge is -2.29. The summed E-state index contributed by atoms with van der Waals surface area (Å²) in [4.78, 5) is 46.5. The van der Waals surface area contributed by atoms with E-state index >= 15 is 0 Å². The molecule has 3 saturated heterocycles. The molecule has 0 radical (unpaired) electrons. The van der Waals surface area contributed by atoms with Gasteiger partial charge in [-0.15, -0.1) is 0 Å². The molecule has 0 aromatic rings. The van der Waals surface area contributed by atoms with Crippen molar-refractivity contribution in [3.8, 4) is 0 Å². The minimum absolute atomic E-state index is 0.272. The third-order valence-electron chi connectivity index (χ3n) is 4.02. The van der Waals surface area contributed by atoms with Crippen molar-refractivity contribution in [3.63, 3.8) is 0 Å². The average Bonchev–Trinajstić information content (AvgIpc) is 2.62. The highest BCUT2D eigenvalue weighted by atomic mass is 17.3. The van der Waals surface area contributed by atoms with Crippen LogP contribution in [-0.4, -0.2) is 69.8 Å². The summed E-state index contributed by atoms with van der Waals surface area (Å²) in [5, 5.41) is 10.2. The van der Waals surface area contributed by atoms with Crippen molar-refractivity contribution < 1.29 is 29.5 Å². The summed E-state index contributed by atoms with van der Waals surface area (Å²) < 4.78 is 0. The number of nitrogens with zero attached hydrogens (tertiary/aromatic N) is 3. The molecule has 3 heterocycles. The van der Waals surface area contributed by atoms with Gasteiger partial charge in [-0.25, -0.2) is 14.7 Å². The second-order valence-corrected chi connectivity index (χ2v) is 5.27. The molecule has 0 unspecified atom stereocenters. The molecule has 2 atom stereocenters. The Morgan fingerprint density at radius 3 is 2.71 bits per heavy atom. The maximum atomic E-state index is 11.9. The molecule has 116 valence electrons. The lowest BCUT2D eigenvalue weighted by atomic mass is 10.0. The molecule has 3 aliphatic heterocycles. The quantitative estimate of drug-likeness (QED) is 0.411. The number of urea groups is 1. The second-order valence-electron chi connectivity index (χ2n) is 5.27. The van der Waals surface area contributed by atoms with E-state index in [4.69, 9.17) is 0 Å². The van der Waals surface area contributed by atoms with Gasteiger partial charge in [-0.1, -0.05) is 4.99 Å². The first kappa shape index (κ1) is 13.9. The third kappa shape index (κ3) is 2.47. The van der Waals surface area contributed by atoms with Crippen molar-refractivity contribution in [2.45, 2.75) is 31.3 Å². The van der Waals surface area contributed by atoms with Crippen molar-refractivity contribution in [1.29, 1.82) is 0 Å². The highest BCUT2D eigenvalue weighted by molar-refractivity contribution is 5.87. The smallest absolute Gasteiger partial charge is 0.309 e. The van der Waals surface area contributed by atoms with Crippen LogP contribution in [0.15, 0.2) is 0 Å². The van der Waals surface area contributed by atoms with Gasteiger partial charge in [0, 0.05) is 19.6 Å². The number of likely N-dealkylation sites (tertiary alicyclic amines) is 1. The number of carbonyl (C=O) groups is 3. The Hall–Kier alpha value is -2.07. The SMILES string of the molecule is O=C(NOOC(=O)N1CCC1)[C@@H]1CC[C@@H]2CN1C(=O)N2O. The number of rotatable bonds is 3. The van der Waals surface area contributed by atoms with E-state index in [1.54, 1.807) is 0 Å². The van der Waals surface area contributed by atoms with Gasteiger partial charge in [0.2, 0.25) is 0 Å². The van der Waals surface area contributed by atoms with Gasteiger partial charge in [0.05, 0.1) is 6.04 Å². The number of hydroxylamine groups is 3. The van der Waals surface area contributed by atoms with Crippen LogP contribution >= 0.6 is 0 Å². The molecule has 3 fully saturated rings. The Morgan fingerprint density at radius 2 is 2.05 bits per heavy atom. The molecule has 21 heavy (non-hydrogen) atoms. The van der Waals surface area contributed by atoms with E-state index < -0.39 is 24.1 Å². The van der Waals surface area contributed by atoms with Crippen LogP contribution in [0.4, 0.5) is 9.59 Å². The fourth-order valence-corrected chi connectivity index (χ4v) is 2.64. The van der Waals surface area contributed by atoms with Crippen molar-refractivity contribution in [1.82, 2.24) is 20.3 Å². The molecule has 0 aromatic carbocycles. The van der Waals surface area contributed by atoms with Crippen LogP contribution in [0.2, 0.25) is 0 Å². The van der Waals surface area contributed by atoms with Gasteiger partial charge in [-0.3, -0.25) is 14.9 Å². The monoisotopic (exact) mass is 300 g/mol. The molecule has 2 N–H and O–H groups in total. The Labute approximate surface area is 120 Å². The largest absolute Gasteiger partial charge is 0.443 e. The van der Waals surface area contributed by atoms with E-state index in [1.807, 2.05) is 5.48 Å². The van der Waals surface area contributed by atoms with Crippen molar-refractivity contribution >= 4 is 18.0 Å². The van der Waals surface area contributed by atoms with Gasteiger partial charge in [-0.2, -0.15) is 5.48 Å². The first-order chi connectivity index (χ1) is 10.1. The third-order valence-corrected chi connectivity index (χ3v) is 4.02. The van der Waals surface area contributed by atoms with Gasteiger partial charge < -0.3 is 9.80 Å². The summed E-state index contributed by atoms with van der Waals surface area (Å²) in [5.74, 6) is -0.589. The standard InChI is InChI=1S/C11H16N4O6/c16-9(12-21-20-11(18)13-4-1-5-13)8-3-2-7-6-14(8)10(17)15(7)19/h7-8,19H,1-6H2,(H,12,16)/t7-,8+/m1/s1. The molecule has 2 bridgehead atoms. The summed E-state index contributed by atoms with van der Waals surface area (Å²) in [5.41, 5.74) is 2.00. The van der Waals surface area contributed by atoms with Gasteiger partial charge in [-0.05, 0) is 19.3 Å². The number of hydrogen-bond donors (Lipinski definition) is 2. The fourth-order valence-electron chi connectivity index (χ4n) is 2.64. The summed E-state index contributed by atoms with van der Waals surface area (Å²) in [6, 6.07) is -1.62. The van der Waals surface area contributed by atoms with Crippen LogP contribution in [-0.2, 0) is 14.7 Å². The van der Waals surface area contributed by atoms with Crippen molar-refractivity contribution in [2.24, 2.45) is 0 Å². The molecule has 10 nitrogen and oxygen atoms in total. The summed E-state index contributed by atoms with van der Waals surface area (Å²) in [7, 11) is 0. The highest BCUT2D eigenvalue weighted by Gasteiger charge is 2.46. The lowest BCUT2D eigenvalue weighted by molar-refractivity contribution is -0.287. The van der Waals surface area contributed by atoms with Gasteiger partial charge >= 0.3 is 12.1 Å². The van der Waals surface area contributed by atoms with E-state index in [1.165, 1.54) is 9.80 Å². The predicted octanol–water partition coefficient (Wildman–Crippen LogP) is -0.551. The van der Waals surface area contributed by atoms with E-state index in [9.17, 15) is 19.6 Å². The first-order valence-corrected chi connectivity index (χ1v) is 6.79. The molecule has 4 amide bonds. The molecule has 10 heteroatoms. The maximum absolute atomic E-state index is 11.9. The van der Waals surface area contributed by atoms with Gasteiger partial charge in [0.15, 0.2) is 0 Å². The average molecular weight is 300 g/mol. The minimum Gasteiger partial charge on any atom is -0.309 e. The van der Waals surface area contributed by atoms with E-state index in [0.717, 1.165) is 6.42 Å². The number of piperidine rings is 1. The number of nitrogens with one attached hydrogen (secondary N) is 1. The highest BCUT2D eigenvalue weighted by Crippen LogP contribution is 2.28. The molecule has 0 aromatic heterocycles. The Bertz CT molecular complexity index is 468. The van der Waals surface area contributed by atoms with E-state index in [2.05, 4.69) is 9.88 Å². The van der Waals surface area contributed by atoms with Crippen LogP contribution in [0, 0.1) is 0 Å². The van der Waals surface area contributed by atoms with Crippen molar-refractivity contribution in [2.75, 3.05) is 19.6 Å². The molecular weight excluding hydrogens is 284 g/mol. The first-order valence-electron chi connectivity index (χ1n) is 6.79. The number of carbonyl (C=O) groups excluding carboxylic acids is 3. The normalized spacial score (nSPS) is 27.5. The van der Waals surface area contributed by atoms with Crippen LogP contribution in [0.3, 0.4) is 0 Å². The topological polar surface area (TPSA) is 112 Å². The summed E-state index contributed by atoms with van der Waals surface area (Å²) in [6.07, 6.45) is 1.18. The zero-order valence-electron chi connectivity index (χ0n) is 11.2. The molecular formula is C11H16N4O6. The second kappa shape index (κ2) is 5.37. The number of hydrogen-bond acceptors (Lipinski definition) is 6. The summed E-state index contributed by atoms with van der Waals surface area (Å²) >= 11 is 0. The molecule has 3 rings (SSSR count). The fraction of sp³-hybridized carbons (Fsp3) is 0.727. The van der Waals surface area contributed by atoms with E-state index in [0.29, 0.717) is 37.5 Å². The Morgan fingerprint density at radius 1 is 1.29 bits per heavy atom. The van der Waals surface area contributed by atoms with E-state index in [-0.39, 0.29) is 6.04 Å². The maximum Gasteiger partial charge on any atom is 0.443 e. The van der Waals surface area contributed by atoms with Crippen LogP contribution in [0.25, 0.3) is 0 Å². The number of fused-ring (bicyclic) bond motifs is 2. The van der Waals surface area contributed by atoms with Crippen LogP contribution in [0.1, 0.15) is 19.3 Å². The number of amides is 4. The van der Waals surface area contributed by atoms with Crippen molar-refractivity contribution in [3.05, 3.63) is 0 Å². The summed E-state index contributed by atoms with van der Waals surface area (Å²) in [6.45, 7) is 1.50. The zero-order chi connectivity index (χ0) is 15.0. The van der Waals surface area contributed by atoms with Gasteiger partial charge in [0.1, 0.15) is 6.04 Å². The lowest BCUT2D eigenvalue weighted by Crippen LogP contribution is -2.50. The molecule has 0 aliphatic carbocycles. The zero-order valence-corrected chi connectivity index (χ0v) is 11.2. The Balaban J connectivity index is 1.47.